The average molecular weight is 1560 g/mol. The molecule has 4 fully saturated rings. The number of hydrogen-bond donors (Lipinski definition) is 10. The first-order valence-electron chi connectivity index (χ1n) is 30.9. The van der Waals surface area contributed by atoms with Gasteiger partial charge in [-0.25, -0.2) is 28.3 Å². The van der Waals surface area contributed by atoms with E-state index in [0.29, 0.717) is 26.2 Å². The van der Waals surface area contributed by atoms with Crippen LogP contribution < -0.4 is 22.5 Å². The highest BCUT2D eigenvalue weighted by molar-refractivity contribution is 5.17. The van der Waals surface area contributed by atoms with Gasteiger partial charge in [0.1, 0.15) is 97.7 Å². The Morgan fingerprint density at radius 3 is 1.42 bits per heavy atom. The van der Waals surface area contributed by atoms with E-state index in [4.69, 9.17) is 18.9 Å². The van der Waals surface area contributed by atoms with E-state index >= 15 is 0 Å². The Bertz CT molecular complexity index is 4370. The van der Waals surface area contributed by atoms with Crippen LogP contribution in [0.5, 0.6) is 0 Å². The molecule has 590 valence electrons. The molecular formula is C54H62F16N16O20. The Labute approximate surface area is 577 Å². The Hall–Kier alpha value is -7.84. The van der Waals surface area contributed by atoms with Crippen LogP contribution in [-0.2, 0) is 73.5 Å². The van der Waals surface area contributed by atoms with Crippen molar-refractivity contribution in [3.8, 4) is 0 Å². The zero-order chi connectivity index (χ0) is 78.3. The molecule has 0 aromatic carbocycles. The SMILES string of the molecule is Cc1cn([C@H]2CC(O)[C@@H](Cn3cc(COCC(F)(F)C(F)(F)C(F)(F)C(F)(F)C(F)(F)C(F)(F)C(F)(F)C(F)(F)COCc4cn(C[C@H]5O[C@@H](n6cc(C)c(=O)n(Cc7cnnn7C7(O)COC(CO)C(O)C7O)c6=O)CC5O)nn4)nn3)O2)c(=O)n(Cc2cn(C3OC(CO)C(O)C(O)C3O)nn2)c1=O. The smallest absolute Gasteiger partial charge is 0.385 e. The van der Waals surface area contributed by atoms with E-state index in [1.807, 2.05) is 0 Å². The minimum Gasteiger partial charge on any atom is -0.394 e. The van der Waals surface area contributed by atoms with E-state index in [9.17, 15) is 140 Å². The zero-order valence-electron chi connectivity index (χ0n) is 54.0. The van der Waals surface area contributed by atoms with Gasteiger partial charge in [0.05, 0.1) is 102 Å². The second-order valence-corrected chi connectivity index (χ2v) is 25.2. The van der Waals surface area contributed by atoms with Crippen molar-refractivity contribution in [2.45, 2.75) is 205 Å². The largest absolute Gasteiger partial charge is 0.394 e. The second-order valence-electron chi connectivity index (χ2n) is 25.2. The van der Waals surface area contributed by atoms with E-state index in [1.165, 1.54) is 13.8 Å². The Balaban J connectivity index is 0.712. The fourth-order valence-electron chi connectivity index (χ4n) is 11.7. The summed E-state index contributed by atoms with van der Waals surface area (Å²) in [5.74, 6) is -64.5. The van der Waals surface area contributed by atoms with Crippen molar-refractivity contribution in [1.29, 1.82) is 0 Å². The highest BCUT2D eigenvalue weighted by atomic mass is 19.4. The van der Waals surface area contributed by atoms with Crippen LogP contribution in [0.3, 0.4) is 0 Å². The van der Waals surface area contributed by atoms with Crippen molar-refractivity contribution in [1.82, 2.24) is 78.2 Å². The average Bonchev–Trinajstić information content (AvgIpc) is 0.891. The minimum atomic E-state index is -8.79. The number of aromatic nitrogens is 16. The topological polar surface area (TPSA) is 469 Å². The number of aliphatic hydroxyl groups is 10. The van der Waals surface area contributed by atoms with Gasteiger partial charge in [-0.15, -0.1) is 20.4 Å². The summed E-state index contributed by atoms with van der Waals surface area (Å²) in [7, 11) is 0. The van der Waals surface area contributed by atoms with Gasteiger partial charge in [0.2, 0.25) is 5.72 Å². The number of nitrogens with zero attached hydrogens (tertiary/aromatic N) is 16. The third-order valence-corrected chi connectivity index (χ3v) is 17.8. The number of rotatable bonds is 29. The molecule has 10 heterocycles. The molecule has 4 aliphatic rings. The van der Waals surface area contributed by atoms with Gasteiger partial charge in [0, 0.05) is 36.4 Å². The molecule has 0 spiro atoms. The Morgan fingerprint density at radius 2 is 0.962 bits per heavy atom. The molecule has 4 saturated heterocycles. The molecule has 11 unspecified atom stereocenters. The molecule has 10 N–H and O–H groups in total. The van der Waals surface area contributed by atoms with Gasteiger partial charge in [0.25, 0.3) is 11.1 Å². The van der Waals surface area contributed by atoms with Crippen LogP contribution in [0, 0.1) is 13.8 Å². The summed E-state index contributed by atoms with van der Waals surface area (Å²) in [5.41, 5.74) is -8.59. The molecule has 0 amide bonds. The summed E-state index contributed by atoms with van der Waals surface area (Å²) in [4.78, 5) is 54.0. The molecule has 52 heteroatoms. The normalized spacial score (nSPS) is 27.6. The van der Waals surface area contributed by atoms with Gasteiger partial charge in [-0.3, -0.25) is 27.9 Å². The molecule has 6 aromatic heterocycles. The molecule has 0 radical (unpaired) electrons. The monoisotopic (exact) mass is 1560 g/mol. The van der Waals surface area contributed by atoms with Gasteiger partial charge in [-0.2, -0.15) is 70.2 Å². The lowest BCUT2D eigenvalue weighted by Gasteiger charge is -2.43. The highest BCUT2D eigenvalue weighted by Gasteiger charge is 2.95. The minimum absolute atomic E-state index is 0.0877. The molecule has 6 aromatic rings. The fraction of sp³-hybridized carbons (Fsp3) is 0.704. The Morgan fingerprint density at radius 1 is 0.519 bits per heavy atom. The second kappa shape index (κ2) is 29.3. The fourth-order valence-corrected chi connectivity index (χ4v) is 11.7. The predicted molar refractivity (Wildman–Crippen MR) is 304 cm³/mol. The lowest BCUT2D eigenvalue weighted by Crippen LogP contribution is -2.75. The summed E-state index contributed by atoms with van der Waals surface area (Å²) in [6.45, 7) is -11.9. The Kier molecular flexibility index (Phi) is 22.3. The number of hydrogen-bond acceptors (Lipinski definition) is 28. The predicted octanol–water partition coefficient (Wildman–Crippen LogP) is -3.34. The maximum atomic E-state index is 14.9. The van der Waals surface area contributed by atoms with Crippen molar-refractivity contribution < 1.29 is 150 Å². The van der Waals surface area contributed by atoms with E-state index in [2.05, 4.69) is 50.7 Å². The zero-order valence-corrected chi connectivity index (χ0v) is 54.0. The van der Waals surface area contributed by atoms with Crippen LogP contribution >= 0.6 is 0 Å². The summed E-state index contributed by atoms with van der Waals surface area (Å²) >= 11 is 0. The van der Waals surface area contributed by atoms with Crippen molar-refractivity contribution >= 4 is 0 Å². The highest BCUT2D eigenvalue weighted by Crippen LogP contribution is 2.64. The van der Waals surface area contributed by atoms with E-state index in [1.54, 1.807) is 0 Å². The third-order valence-electron chi connectivity index (χ3n) is 17.8. The first kappa shape index (κ1) is 80.7. The maximum Gasteiger partial charge on any atom is 0.385 e. The van der Waals surface area contributed by atoms with E-state index in [-0.39, 0.29) is 22.5 Å². The van der Waals surface area contributed by atoms with Crippen molar-refractivity contribution in [2.24, 2.45) is 0 Å². The van der Waals surface area contributed by atoms with Crippen LogP contribution in [0.25, 0.3) is 0 Å². The summed E-state index contributed by atoms with van der Waals surface area (Å²) in [6, 6.07) is 0. The molecule has 0 saturated carbocycles. The van der Waals surface area contributed by atoms with Crippen LogP contribution in [0.4, 0.5) is 70.2 Å². The van der Waals surface area contributed by atoms with Gasteiger partial charge < -0.3 is 79.5 Å². The number of aryl methyl sites for hydroxylation is 2. The quantitative estimate of drug-likeness (QED) is 0.0205. The number of alkyl halides is 16. The molecule has 10 rings (SSSR count). The van der Waals surface area contributed by atoms with Crippen LogP contribution in [0.1, 0.15) is 65.4 Å². The molecule has 15 atom stereocenters. The third kappa shape index (κ3) is 14.1. The molecule has 0 bridgehead atoms. The van der Waals surface area contributed by atoms with Crippen molar-refractivity contribution in [3.63, 3.8) is 0 Å². The number of aliphatic hydroxyl groups excluding tert-OH is 9. The molecule has 4 aliphatic heterocycles. The van der Waals surface area contributed by atoms with Crippen LogP contribution in [0.2, 0.25) is 0 Å². The molecular weight excluding hydrogens is 1500 g/mol. The standard InChI is InChI=1S/C54H62F16N16O20/c1-22-6-81(44(98)83(41(22)96)10-24-11-85(78-72-24)43-39(94)38(93)36(91)33(16-88)106-43)34-3-28(89)30(104-34)13-79-8-25(73-76-79)17-101-20-47(55,56)49(59,60)51(63,64)53(67,68)54(69,70)52(65,66)50(61,62)48(57,58)21-102-18-26-9-80(77-74-26)14-31-29(90)4-35(105-31)82-7-23(2)42(97)84(45(82)99)12-27-5-71-75-86(27)46(100)19-103-32(15-87)37(92)40(46)95/h5-9,11,28-40,43,87-95,100H,3-4,10,12-21H2,1-2H3/t28?,29?,30-,31-,32?,33?,34-,35-,36?,37?,38?,39?,40?,43?,46?/m1/s1. The molecule has 36 nitrogen and oxygen atoms in total. The molecule has 106 heavy (non-hydrogen) atoms. The summed E-state index contributed by atoms with van der Waals surface area (Å²) in [6.07, 6.45) is -17.4. The van der Waals surface area contributed by atoms with Gasteiger partial charge in [0.15, 0.2) is 6.23 Å². The summed E-state index contributed by atoms with van der Waals surface area (Å²) in [5, 5.41) is 132. The summed E-state index contributed by atoms with van der Waals surface area (Å²) < 4.78 is 275. The van der Waals surface area contributed by atoms with Gasteiger partial charge in [-0.1, -0.05) is 20.9 Å². The van der Waals surface area contributed by atoms with Crippen LogP contribution in [-0.4, -0.2) is 277 Å². The number of ether oxygens (including phenoxy) is 6. The molecule has 0 aliphatic carbocycles. The lowest BCUT2D eigenvalue weighted by molar-refractivity contribution is -0.455. The number of halogens is 16. The van der Waals surface area contributed by atoms with Gasteiger partial charge >= 0.3 is 58.8 Å². The first-order chi connectivity index (χ1) is 49.2. The first-order valence-corrected chi connectivity index (χ1v) is 30.9. The van der Waals surface area contributed by atoms with Crippen molar-refractivity contribution in [2.75, 3.05) is 33.0 Å². The lowest BCUT2D eigenvalue weighted by atomic mass is 9.88. The van der Waals surface area contributed by atoms with E-state index in [0.717, 1.165) is 48.0 Å². The van der Waals surface area contributed by atoms with E-state index < -0.39 is 258 Å². The maximum absolute atomic E-state index is 14.9. The van der Waals surface area contributed by atoms with Crippen LogP contribution in [0.15, 0.2) is 56.4 Å². The van der Waals surface area contributed by atoms with Gasteiger partial charge in [-0.05, 0) is 13.8 Å². The van der Waals surface area contributed by atoms with Crippen molar-refractivity contribution in [3.05, 3.63) is 113 Å².